The molecule has 0 rings (SSSR count). The lowest BCUT2D eigenvalue weighted by atomic mass is 10.1. The SMILES string of the molecule is C=CCCCCCCCC[N+](C)(C)CC. The van der Waals surface area contributed by atoms with Crippen LogP contribution in [0.2, 0.25) is 0 Å². The molecule has 0 aromatic rings. The summed E-state index contributed by atoms with van der Waals surface area (Å²) >= 11 is 0. The molecule has 0 atom stereocenters. The van der Waals surface area contributed by atoms with Gasteiger partial charge in [-0.25, -0.2) is 0 Å². The van der Waals surface area contributed by atoms with Gasteiger partial charge in [-0.1, -0.05) is 25.3 Å². The van der Waals surface area contributed by atoms with Crippen molar-refractivity contribution in [3.05, 3.63) is 12.7 Å². The number of quaternary nitrogens is 1. The molecule has 0 aliphatic rings. The minimum absolute atomic E-state index is 1.18. The molecular weight excluding hydrogens is 182 g/mol. The monoisotopic (exact) mass is 212 g/mol. The Morgan fingerprint density at radius 2 is 1.47 bits per heavy atom. The van der Waals surface area contributed by atoms with Gasteiger partial charge in [-0.15, -0.1) is 6.58 Å². The second kappa shape index (κ2) is 8.96. The van der Waals surface area contributed by atoms with Crippen molar-refractivity contribution in [3.63, 3.8) is 0 Å². The highest BCUT2D eigenvalue weighted by Gasteiger charge is 2.09. The molecular formula is C14H30N+. The van der Waals surface area contributed by atoms with E-state index in [2.05, 4.69) is 27.6 Å². The summed E-state index contributed by atoms with van der Waals surface area (Å²) in [4.78, 5) is 0. The highest BCUT2D eigenvalue weighted by molar-refractivity contribution is 4.65. The Labute approximate surface area is 96.8 Å². The molecule has 0 fully saturated rings. The molecule has 15 heavy (non-hydrogen) atoms. The first-order valence-electron chi connectivity index (χ1n) is 6.55. The average Bonchev–Trinajstić information content (AvgIpc) is 2.22. The molecule has 0 aromatic heterocycles. The van der Waals surface area contributed by atoms with Crippen LogP contribution < -0.4 is 0 Å². The lowest BCUT2D eigenvalue weighted by molar-refractivity contribution is -0.888. The Morgan fingerprint density at radius 3 is 2.00 bits per heavy atom. The van der Waals surface area contributed by atoms with Crippen molar-refractivity contribution in [2.75, 3.05) is 27.2 Å². The standard InChI is InChI=1S/C14H30N/c1-5-7-8-9-10-11-12-13-14-15(3,4)6-2/h5H,1,6-14H2,2-4H3/q+1. The van der Waals surface area contributed by atoms with Gasteiger partial charge in [-0.2, -0.15) is 0 Å². The van der Waals surface area contributed by atoms with Crippen LogP contribution in [0, 0.1) is 0 Å². The smallest absolute Gasteiger partial charge is 0.0782 e. The minimum Gasteiger partial charge on any atom is -0.329 e. The molecule has 1 nitrogen and oxygen atoms in total. The van der Waals surface area contributed by atoms with Crippen LogP contribution in [0.4, 0.5) is 0 Å². The summed E-state index contributed by atoms with van der Waals surface area (Å²) in [6.07, 6.45) is 11.6. The fourth-order valence-electron chi connectivity index (χ4n) is 1.69. The zero-order chi connectivity index (χ0) is 11.6. The van der Waals surface area contributed by atoms with Gasteiger partial charge < -0.3 is 4.48 Å². The van der Waals surface area contributed by atoms with Crippen LogP contribution in [-0.4, -0.2) is 31.7 Å². The van der Waals surface area contributed by atoms with E-state index in [0.717, 1.165) is 0 Å². The first kappa shape index (κ1) is 14.7. The van der Waals surface area contributed by atoms with Gasteiger partial charge in [0.2, 0.25) is 0 Å². The fraction of sp³-hybridized carbons (Fsp3) is 0.857. The summed E-state index contributed by atoms with van der Waals surface area (Å²) in [7, 11) is 4.65. The Bertz CT molecular complexity index is 149. The molecule has 0 amide bonds. The first-order chi connectivity index (χ1) is 7.12. The lowest BCUT2D eigenvalue weighted by Gasteiger charge is -2.28. The number of hydrogen-bond donors (Lipinski definition) is 0. The van der Waals surface area contributed by atoms with E-state index >= 15 is 0 Å². The van der Waals surface area contributed by atoms with Gasteiger partial charge in [0.1, 0.15) is 0 Å². The fourth-order valence-corrected chi connectivity index (χ4v) is 1.69. The maximum absolute atomic E-state index is 3.74. The summed E-state index contributed by atoms with van der Waals surface area (Å²) in [5.74, 6) is 0. The van der Waals surface area contributed by atoms with Crippen molar-refractivity contribution in [2.24, 2.45) is 0 Å². The summed E-state index contributed by atoms with van der Waals surface area (Å²) in [6.45, 7) is 8.60. The van der Waals surface area contributed by atoms with Crippen LogP contribution in [-0.2, 0) is 0 Å². The Kier molecular flexibility index (Phi) is 8.79. The Hall–Kier alpha value is -0.300. The highest BCUT2D eigenvalue weighted by Crippen LogP contribution is 2.09. The van der Waals surface area contributed by atoms with Crippen LogP contribution in [0.5, 0.6) is 0 Å². The lowest BCUT2D eigenvalue weighted by Crippen LogP contribution is -2.39. The largest absolute Gasteiger partial charge is 0.329 e. The zero-order valence-corrected chi connectivity index (χ0v) is 11.1. The first-order valence-corrected chi connectivity index (χ1v) is 6.55. The van der Waals surface area contributed by atoms with Crippen molar-refractivity contribution in [2.45, 2.75) is 51.9 Å². The second-order valence-electron chi connectivity index (χ2n) is 5.17. The quantitative estimate of drug-likeness (QED) is 0.292. The minimum atomic E-state index is 1.18. The molecule has 0 bridgehead atoms. The normalized spacial score (nSPS) is 11.7. The molecule has 0 radical (unpaired) electrons. The van der Waals surface area contributed by atoms with Crippen LogP contribution in [0.25, 0.3) is 0 Å². The topological polar surface area (TPSA) is 0 Å². The van der Waals surface area contributed by atoms with Crippen LogP contribution >= 0.6 is 0 Å². The average molecular weight is 212 g/mol. The molecule has 0 N–H and O–H groups in total. The van der Waals surface area contributed by atoms with Crippen LogP contribution in [0.1, 0.15) is 51.9 Å². The zero-order valence-electron chi connectivity index (χ0n) is 11.1. The van der Waals surface area contributed by atoms with E-state index in [-0.39, 0.29) is 0 Å². The van der Waals surface area contributed by atoms with E-state index in [1.807, 2.05) is 6.08 Å². The van der Waals surface area contributed by atoms with Gasteiger partial charge in [-0.3, -0.25) is 0 Å². The molecule has 0 saturated heterocycles. The summed E-state index contributed by atoms with van der Waals surface area (Å²) in [5.41, 5.74) is 0. The Balaban J connectivity index is 3.14. The molecule has 0 aliphatic heterocycles. The van der Waals surface area contributed by atoms with Gasteiger partial charge >= 0.3 is 0 Å². The van der Waals surface area contributed by atoms with Crippen molar-refractivity contribution >= 4 is 0 Å². The maximum Gasteiger partial charge on any atom is 0.0782 e. The number of unbranched alkanes of at least 4 members (excludes halogenated alkanes) is 6. The van der Waals surface area contributed by atoms with E-state index in [1.54, 1.807) is 0 Å². The highest BCUT2D eigenvalue weighted by atomic mass is 15.3. The molecule has 0 aliphatic carbocycles. The Morgan fingerprint density at radius 1 is 0.933 bits per heavy atom. The summed E-state index contributed by atoms with van der Waals surface area (Å²) in [6, 6.07) is 0. The predicted molar refractivity (Wildman–Crippen MR) is 70.0 cm³/mol. The van der Waals surface area contributed by atoms with Crippen molar-refractivity contribution < 1.29 is 4.48 Å². The third-order valence-corrected chi connectivity index (χ3v) is 3.28. The van der Waals surface area contributed by atoms with E-state index in [1.165, 1.54) is 62.5 Å². The van der Waals surface area contributed by atoms with Crippen molar-refractivity contribution in [1.82, 2.24) is 0 Å². The number of rotatable bonds is 10. The maximum atomic E-state index is 3.74. The predicted octanol–water partition coefficient (Wildman–Crippen LogP) is 4.00. The summed E-state index contributed by atoms with van der Waals surface area (Å²) in [5, 5.41) is 0. The van der Waals surface area contributed by atoms with Crippen molar-refractivity contribution in [1.29, 1.82) is 0 Å². The van der Waals surface area contributed by atoms with Gasteiger partial charge in [0.05, 0.1) is 27.2 Å². The molecule has 0 spiro atoms. The van der Waals surface area contributed by atoms with Gasteiger partial charge in [-0.05, 0) is 32.6 Å². The third kappa shape index (κ3) is 9.99. The van der Waals surface area contributed by atoms with Gasteiger partial charge in [0.25, 0.3) is 0 Å². The van der Waals surface area contributed by atoms with E-state index in [9.17, 15) is 0 Å². The van der Waals surface area contributed by atoms with Gasteiger partial charge in [0, 0.05) is 0 Å². The van der Waals surface area contributed by atoms with E-state index in [0.29, 0.717) is 0 Å². The molecule has 0 unspecified atom stereocenters. The molecule has 0 saturated carbocycles. The van der Waals surface area contributed by atoms with Crippen LogP contribution in [0.15, 0.2) is 12.7 Å². The second-order valence-corrected chi connectivity index (χ2v) is 5.17. The third-order valence-electron chi connectivity index (χ3n) is 3.28. The van der Waals surface area contributed by atoms with E-state index < -0.39 is 0 Å². The summed E-state index contributed by atoms with van der Waals surface area (Å²) < 4.78 is 1.18. The molecule has 90 valence electrons. The molecule has 0 heterocycles. The number of hydrogen-bond acceptors (Lipinski definition) is 0. The number of nitrogens with zero attached hydrogens (tertiary/aromatic N) is 1. The molecule has 1 heteroatoms. The van der Waals surface area contributed by atoms with E-state index in [4.69, 9.17) is 0 Å². The molecule has 0 aromatic carbocycles. The van der Waals surface area contributed by atoms with Crippen molar-refractivity contribution in [3.8, 4) is 0 Å². The van der Waals surface area contributed by atoms with Crippen LogP contribution in [0.3, 0.4) is 0 Å². The number of allylic oxidation sites excluding steroid dienone is 1. The van der Waals surface area contributed by atoms with Gasteiger partial charge in [0.15, 0.2) is 0 Å².